The van der Waals surface area contributed by atoms with E-state index < -0.39 is 0 Å². The van der Waals surface area contributed by atoms with E-state index in [1.165, 1.54) is 12.5 Å². The van der Waals surface area contributed by atoms with Crippen molar-refractivity contribution < 1.29 is 10.0 Å². The van der Waals surface area contributed by atoms with Gasteiger partial charge in [-0.25, -0.2) is 0 Å². The number of piperidine rings is 1. The van der Waals surface area contributed by atoms with Gasteiger partial charge < -0.3 is 5.11 Å². The van der Waals surface area contributed by atoms with Crippen LogP contribution in [0.1, 0.15) is 24.8 Å². The summed E-state index contributed by atoms with van der Waals surface area (Å²) in [6.07, 6.45) is 3.16. The van der Waals surface area contributed by atoms with E-state index in [9.17, 15) is 10.1 Å². The lowest BCUT2D eigenvalue weighted by atomic mass is 9.95. The van der Waals surface area contributed by atoms with Gasteiger partial charge in [-0.1, -0.05) is 12.1 Å². The summed E-state index contributed by atoms with van der Waals surface area (Å²) < 4.78 is 0. The van der Waals surface area contributed by atoms with E-state index in [-0.39, 0.29) is 17.2 Å². The lowest BCUT2D eigenvalue weighted by Gasteiger charge is -2.32. The maximum absolute atomic E-state index is 10.7. The quantitative estimate of drug-likeness (QED) is 0.654. The van der Waals surface area contributed by atoms with Gasteiger partial charge in [-0.3, -0.25) is 15.0 Å². The molecule has 0 radical (unpaired) electrons. The van der Waals surface area contributed by atoms with Gasteiger partial charge in [0.15, 0.2) is 0 Å². The number of hydrogen-bond donors (Lipinski definition) is 1. The highest BCUT2D eigenvalue weighted by Gasteiger charge is 2.19. The number of nitro benzene ring substituents is 1. The molecule has 1 aliphatic heterocycles. The summed E-state index contributed by atoms with van der Waals surface area (Å²) in [7, 11) is 0. The fraction of sp³-hybridized carbons (Fsp3) is 0.571. The SMILES string of the molecule is O=[N+]([O-])c1cccc(CN2CCCC(CCO)C2)c1. The number of non-ortho nitro benzene ring substituents is 1. The Morgan fingerprint density at radius 3 is 3.05 bits per heavy atom. The molecule has 0 amide bonds. The average Bonchev–Trinajstić information content (AvgIpc) is 2.40. The first-order valence-electron chi connectivity index (χ1n) is 6.75. The highest BCUT2D eigenvalue weighted by Crippen LogP contribution is 2.22. The maximum atomic E-state index is 10.7. The summed E-state index contributed by atoms with van der Waals surface area (Å²) in [5, 5.41) is 19.7. The van der Waals surface area contributed by atoms with Crippen LogP contribution in [0.15, 0.2) is 24.3 Å². The number of hydrogen-bond acceptors (Lipinski definition) is 4. The summed E-state index contributed by atoms with van der Waals surface area (Å²) in [6.45, 7) is 3.01. The summed E-state index contributed by atoms with van der Waals surface area (Å²) in [6, 6.07) is 6.84. The van der Waals surface area contributed by atoms with Crippen LogP contribution in [0.25, 0.3) is 0 Å². The molecule has 5 heteroatoms. The van der Waals surface area contributed by atoms with Crippen LogP contribution >= 0.6 is 0 Å². The molecule has 1 aromatic rings. The summed E-state index contributed by atoms with van der Waals surface area (Å²) >= 11 is 0. The second-order valence-electron chi connectivity index (χ2n) is 5.18. The Kier molecular flexibility index (Phi) is 4.87. The van der Waals surface area contributed by atoms with Crippen molar-refractivity contribution in [1.82, 2.24) is 4.90 Å². The minimum atomic E-state index is -0.353. The number of nitrogens with zero attached hydrogens (tertiary/aromatic N) is 2. The van der Waals surface area contributed by atoms with E-state index in [1.54, 1.807) is 12.1 Å². The van der Waals surface area contributed by atoms with Crippen molar-refractivity contribution in [3.63, 3.8) is 0 Å². The molecule has 2 rings (SSSR count). The molecule has 0 saturated carbocycles. The molecule has 1 saturated heterocycles. The smallest absolute Gasteiger partial charge is 0.269 e. The predicted molar refractivity (Wildman–Crippen MR) is 72.8 cm³/mol. The first kappa shape index (κ1) is 14.0. The molecule has 0 aromatic heterocycles. The molecular formula is C14H20N2O3. The fourth-order valence-corrected chi connectivity index (χ4v) is 2.74. The Hall–Kier alpha value is -1.46. The van der Waals surface area contributed by atoms with Crippen LogP contribution in [-0.4, -0.2) is 34.6 Å². The van der Waals surface area contributed by atoms with E-state index >= 15 is 0 Å². The van der Waals surface area contributed by atoms with Crippen LogP contribution in [0.5, 0.6) is 0 Å². The summed E-state index contributed by atoms with van der Waals surface area (Å²) in [5.41, 5.74) is 1.14. The molecule has 104 valence electrons. The molecular weight excluding hydrogens is 244 g/mol. The first-order chi connectivity index (χ1) is 9.19. The fourth-order valence-electron chi connectivity index (χ4n) is 2.74. The number of aliphatic hydroxyl groups excluding tert-OH is 1. The van der Waals surface area contributed by atoms with E-state index in [1.807, 2.05) is 6.07 Å². The topological polar surface area (TPSA) is 66.6 Å². The Morgan fingerprint density at radius 1 is 1.47 bits per heavy atom. The molecule has 1 aromatic carbocycles. The number of rotatable bonds is 5. The van der Waals surface area contributed by atoms with Gasteiger partial charge in [0.1, 0.15) is 0 Å². The van der Waals surface area contributed by atoms with Gasteiger partial charge in [-0.2, -0.15) is 0 Å². The third-order valence-corrected chi connectivity index (χ3v) is 3.67. The zero-order chi connectivity index (χ0) is 13.7. The molecule has 1 fully saturated rings. The van der Waals surface area contributed by atoms with Gasteiger partial charge in [0, 0.05) is 31.8 Å². The minimum absolute atomic E-state index is 0.154. The third-order valence-electron chi connectivity index (χ3n) is 3.67. The van der Waals surface area contributed by atoms with Crippen molar-refractivity contribution in [2.75, 3.05) is 19.7 Å². The number of nitro groups is 1. The zero-order valence-electron chi connectivity index (χ0n) is 11.0. The predicted octanol–water partition coefficient (Wildman–Crippen LogP) is 2.19. The lowest BCUT2D eigenvalue weighted by molar-refractivity contribution is -0.384. The van der Waals surface area contributed by atoms with Crippen molar-refractivity contribution in [2.24, 2.45) is 5.92 Å². The van der Waals surface area contributed by atoms with Crippen LogP contribution < -0.4 is 0 Å². The van der Waals surface area contributed by atoms with E-state index in [0.717, 1.165) is 38.0 Å². The van der Waals surface area contributed by atoms with Crippen LogP contribution in [-0.2, 0) is 6.54 Å². The standard InChI is InChI=1S/C14H20N2O3/c17-8-6-12-4-2-7-15(10-12)11-13-3-1-5-14(9-13)16(18)19/h1,3,5,9,12,17H,2,4,6-8,10-11H2. The average molecular weight is 264 g/mol. The molecule has 1 N–H and O–H groups in total. The maximum Gasteiger partial charge on any atom is 0.269 e. The lowest BCUT2D eigenvalue weighted by Crippen LogP contribution is -2.35. The van der Waals surface area contributed by atoms with E-state index in [0.29, 0.717) is 5.92 Å². The highest BCUT2D eigenvalue weighted by molar-refractivity contribution is 5.34. The third kappa shape index (κ3) is 4.01. The molecule has 0 bridgehead atoms. The zero-order valence-corrected chi connectivity index (χ0v) is 11.0. The van der Waals surface area contributed by atoms with Gasteiger partial charge in [-0.15, -0.1) is 0 Å². The monoisotopic (exact) mass is 264 g/mol. The Labute approximate surface area is 113 Å². The van der Waals surface area contributed by atoms with Gasteiger partial charge in [-0.05, 0) is 37.3 Å². The first-order valence-corrected chi connectivity index (χ1v) is 6.75. The molecule has 5 nitrogen and oxygen atoms in total. The van der Waals surface area contributed by atoms with E-state index in [4.69, 9.17) is 5.11 Å². The molecule has 19 heavy (non-hydrogen) atoms. The van der Waals surface area contributed by atoms with Crippen LogP contribution in [0.4, 0.5) is 5.69 Å². The van der Waals surface area contributed by atoms with Gasteiger partial charge >= 0.3 is 0 Å². The van der Waals surface area contributed by atoms with Crippen molar-refractivity contribution >= 4 is 5.69 Å². The largest absolute Gasteiger partial charge is 0.396 e. The molecule has 0 spiro atoms. The minimum Gasteiger partial charge on any atom is -0.396 e. The Morgan fingerprint density at radius 2 is 2.32 bits per heavy atom. The number of aliphatic hydroxyl groups is 1. The highest BCUT2D eigenvalue weighted by atomic mass is 16.6. The molecule has 1 aliphatic rings. The van der Waals surface area contributed by atoms with Crippen LogP contribution in [0.2, 0.25) is 0 Å². The number of likely N-dealkylation sites (tertiary alicyclic amines) is 1. The Balaban J connectivity index is 1.96. The molecule has 1 unspecified atom stereocenters. The van der Waals surface area contributed by atoms with Crippen molar-refractivity contribution in [3.05, 3.63) is 39.9 Å². The molecule has 0 aliphatic carbocycles. The molecule has 1 atom stereocenters. The normalized spacial score (nSPS) is 20.4. The van der Waals surface area contributed by atoms with E-state index in [2.05, 4.69) is 4.90 Å². The van der Waals surface area contributed by atoms with Crippen molar-refractivity contribution in [2.45, 2.75) is 25.8 Å². The van der Waals surface area contributed by atoms with Crippen molar-refractivity contribution in [1.29, 1.82) is 0 Å². The van der Waals surface area contributed by atoms with Gasteiger partial charge in [0.25, 0.3) is 5.69 Å². The van der Waals surface area contributed by atoms with Crippen LogP contribution in [0, 0.1) is 16.0 Å². The van der Waals surface area contributed by atoms with Crippen LogP contribution in [0.3, 0.4) is 0 Å². The number of benzene rings is 1. The summed E-state index contributed by atoms with van der Waals surface area (Å²) in [4.78, 5) is 12.7. The second kappa shape index (κ2) is 6.63. The van der Waals surface area contributed by atoms with Crippen molar-refractivity contribution in [3.8, 4) is 0 Å². The molecule has 1 heterocycles. The van der Waals surface area contributed by atoms with Gasteiger partial charge in [0.2, 0.25) is 0 Å². The Bertz CT molecular complexity index is 434. The van der Waals surface area contributed by atoms with Gasteiger partial charge in [0.05, 0.1) is 4.92 Å². The second-order valence-corrected chi connectivity index (χ2v) is 5.18. The summed E-state index contributed by atoms with van der Waals surface area (Å²) in [5.74, 6) is 0.553.